The Morgan fingerprint density at radius 3 is 3.00 bits per heavy atom. The van der Waals surface area contributed by atoms with Gasteiger partial charge in [0.1, 0.15) is 16.4 Å². The van der Waals surface area contributed by atoms with E-state index in [0.29, 0.717) is 33.2 Å². The predicted octanol–water partition coefficient (Wildman–Crippen LogP) is 3.87. The molecule has 1 aliphatic heterocycles. The van der Waals surface area contributed by atoms with Gasteiger partial charge in [-0.1, -0.05) is 11.6 Å². The van der Waals surface area contributed by atoms with E-state index in [4.69, 9.17) is 16.3 Å². The van der Waals surface area contributed by atoms with E-state index in [1.807, 2.05) is 12.1 Å². The van der Waals surface area contributed by atoms with Crippen molar-refractivity contribution >= 4 is 38.9 Å². The van der Waals surface area contributed by atoms with Crippen LogP contribution in [0.25, 0.3) is 10.2 Å². The third-order valence-electron chi connectivity index (χ3n) is 5.76. The van der Waals surface area contributed by atoms with Crippen molar-refractivity contribution in [2.24, 2.45) is 0 Å². The summed E-state index contributed by atoms with van der Waals surface area (Å²) in [5.41, 5.74) is 2.44. The largest absolute Gasteiger partial charge is 0.493 e. The minimum Gasteiger partial charge on any atom is -0.493 e. The molecular weight excluding hydrogens is 422 g/mol. The zero-order valence-electron chi connectivity index (χ0n) is 16.1. The van der Waals surface area contributed by atoms with Crippen molar-refractivity contribution in [2.75, 3.05) is 6.61 Å². The maximum absolute atomic E-state index is 13.0. The number of ketones is 1. The molecule has 0 fully saturated rings. The number of aromatic amines is 1. The lowest BCUT2D eigenvalue weighted by Crippen LogP contribution is -2.21. The normalized spacial score (nSPS) is 15.9. The predicted molar refractivity (Wildman–Crippen MR) is 115 cm³/mol. The Morgan fingerprint density at radius 2 is 2.17 bits per heavy atom. The number of nitrogens with one attached hydrogen (secondary N) is 1. The molecule has 6 nitrogen and oxygen atoms in total. The van der Waals surface area contributed by atoms with Crippen molar-refractivity contribution in [3.63, 3.8) is 0 Å². The monoisotopic (exact) mass is 439 g/mol. The number of benzene rings is 1. The SMILES string of the molecule is N#C[C@H](C(=O)Cc1cc(Cl)cc2c1OCC2)c1nc2sc3c(c2c(=O)[nH]1)CCCC3. The van der Waals surface area contributed by atoms with Gasteiger partial charge in [-0.15, -0.1) is 11.3 Å². The number of carbonyl (C=O) groups excluding carboxylic acids is 1. The van der Waals surface area contributed by atoms with E-state index in [1.54, 1.807) is 6.07 Å². The smallest absolute Gasteiger partial charge is 0.259 e. The molecule has 152 valence electrons. The van der Waals surface area contributed by atoms with Crippen LogP contribution < -0.4 is 10.3 Å². The highest BCUT2D eigenvalue weighted by Gasteiger charge is 2.28. The van der Waals surface area contributed by atoms with E-state index in [0.717, 1.165) is 43.2 Å². The summed E-state index contributed by atoms with van der Waals surface area (Å²) in [6.07, 6.45) is 4.73. The molecule has 0 spiro atoms. The first-order valence-electron chi connectivity index (χ1n) is 9.96. The summed E-state index contributed by atoms with van der Waals surface area (Å²) in [4.78, 5) is 34.8. The van der Waals surface area contributed by atoms with Crippen molar-refractivity contribution in [3.8, 4) is 11.8 Å². The molecule has 3 aromatic rings. The average Bonchev–Trinajstić information content (AvgIpc) is 3.32. The van der Waals surface area contributed by atoms with Gasteiger partial charge < -0.3 is 9.72 Å². The van der Waals surface area contributed by atoms with Crippen LogP contribution in [0.1, 0.15) is 46.2 Å². The molecule has 30 heavy (non-hydrogen) atoms. The molecule has 0 radical (unpaired) electrons. The number of halogens is 1. The zero-order valence-corrected chi connectivity index (χ0v) is 17.7. The van der Waals surface area contributed by atoms with E-state index in [1.165, 1.54) is 16.2 Å². The number of carbonyl (C=O) groups is 1. The number of nitrogens with zero attached hydrogens (tertiary/aromatic N) is 2. The Hall–Kier alpha value is -2.69. The second-order valence-electron chi connectivity index (χ2n) is 7.70. The molecule has 2 aliphatic rings. The highest BCUT2D eigenvalue weighted by molar-refractivity contribution is 7.18. The highest BCUT2D eigenvalue weighted by Crippen LogP contribution is 2.35. The van der Waals surface area contributed by atoms with Crippen LogP contribution in [0.5, 0.6) is 5.75 Å². The Balaban J connectivity index is 1.50. The lowest BCUT2D eigenvalue weighted by Gasteiger charge is -2.11. The minimum absolute atomic E-state index is 0.0101. The van der Waals surface area contributed by atoms with Gasteiger partial charge in [0, 0.05) is 28.3 Å². The number of nitriles is 1. The van der Waals surface area contributed by atoms with Gasteiger partial charge in [0.15, 0.2) is 11.7 Å². The third kappa shape index (κ3) is 3.21. The van der Waals surface area contributed by atoms with Gasteiger partial charge in [-0.25, -0.2) is 4.98 Å². The van der Waals surface area contributed by atoms with Crippen LogP contribution in [0.3, 0.4) is 0 Å². The van der Waals surface area contributed by atoms with Gasteiger partial charge >= 0.3 is 0 Å². The van der Waals surface area contributed by atoms with Gasteiger partial charge in [0.05, 0.1) is 18.1 Å². The second-order valence-corrected chi connectivity index (χ2v) is 9.22. The Kier molecular flexibility index (Phi) is 4.84. The lowest BCUT2D eigenvalue weighted by molar-refractivity contribution is -0.118. The second kappa shape index (κ2) is 7.53. The number of rotatable bonds is 4. The number of fused-ring (bicyclic) bond motifs is 4. The number of aryl methyl sites for hydroxylation is 2. The summed E-state index contributed by atoms with van der Waals surface area (Å²) < 4.78 is 5.66. The number of aromatic nitrogens is 2. The first-order chi connectivity index (χ1) is 14.5. The van der Waals surface area contributed by atoms with E-state index in [9.17, 15) is 14.9 Å². The van der Waals surface area contributed by atoms with Crippen LogP contribution in [-0.4, -0.2) is 22.4 Å². The van der Waals surface area contributed by atoms with E-state index < -0.39 is 5.92 Å². The molecule has 0 amide bonds. The molecular formula is C22H18ClN3O3S. The molecule has 8 heteroatoms. The van der Waals surface area contributed by atoms with Crippen molar-refractivity contribution in [1.82, 2.24) is 9.97 Å². The number of hydrogen-bond donors (Lipinski definition) is 1. The van der Waals surface area contributed by atoms with Gasteiger partial charge in [-0.3, -0.25) is 9.59 Å². The first kappa shape index (κ1) is 19.3. The quantitative estimate of drug-likeness (QED) is 0.665. The van der Waals surface area contributed by atoms with Crippen LogP contribution in [0, 0.1) is 11.3 Å². The van der Waals surface area contributed by atoms with Crippen LogP contribution >= 0.6 is 22.9 Å². The Labute approximate surface area is 181 Å². The van der Waals surface area contributed by atoms with Crippen LogP contribution in [0.15, 0.2) is 16.9 Å². The highest BCUT2D eigenvalue weighted by atomic mass is 35.5. The van der Waals surface area contributed by atoms with Gasteiger partial charge in [0.25, 0.3) is 5.56 Å². The average molecular weight is 440 g/mol. The fourth-order valence-electron chi connectivity index (χ4n) is 4.37. The fraction of sp³-hybridized carbons (Fsp3) is 0.364. The van der Waals surface area contributed by atoms with Gasteiger partial charge in [-0.05, 0) is 48.9 Å². The third-order valence-corrected chi connectivity index (χ3v) is 7.16. The summed E-state index contributed by atoms with van der Waals surface area (Å²) in [6, 6.07) is 5.56. The molecule has 1 atom stereocenters. The topological polar surface area (TPSA) is 95.8 Å². The first-order valence-corrected chi connectivity index (χ1v) is 11.2. The van der Waals surface area contributed by atoms with E-state index in [-0.39, 0.29) is 23.6 Å². The van der Waals surface area contributed by atoms with Crippen molar-refractivity contribution in [2.45, 2.75) is 44.4 Å². The number of Topliss-reactive ketones (excluding diaryl/α,β-unsaturated/α-hetero) is 1. The van der Waals surface area contributed by atoms with Gasteiger partial charge in [-0.2, -0.15) is 5.26 Å². The fourth-order valence-corrected chi connectivity index (χ4v) is 5.90. The number of ether oxygens (including phenoxy) is 1. The number of hydrogen-bond acceptors (Lipinski definition) is 6. The van der Waals surface area contributed by atoms with Crippen LogP contribution in [0.4, 0.5) is 0 Å². The van der Waals surface area contributed by atoms with Crippen LogP contribution in [0.2, 0.25) is 5.02 Å². The maximum atomic E-state index is 13.0. The molecule has 0 unspecified atom stereocenters. The Morgan fingerprint density at radius 1 is 1.33 bits per heavy atom. The van der Waals surface area contributed by atoms with Crippen molar-refractivity contribution < 1.29 is 9.53 Å². The standard InChI is InChI=1S/C22H18ClN3O3S/c23-13-7-11-5-6-29-19(11)12(8-13)9-16(27)15(10-24)20-25-21(28)18-14-3-1-2-4-17(14)30-22(18)26-20/h7-8,15H,1-6,9H2,(H,25,26,28)/t15-/m1/s1. The molecule has 5 rings (SSSR count). The molecule has 0 saturated heterocycles. The summed E-state index contributed by atoms with van der Waals surface area (Å²) >= 11 is 7.69. The molecule has 1 aromatic carbocycles. The van der Waals surface area contributed by atoms with E-state index in [2.05, 4.69) is 9.97 Å². The van der Waals surface area contributed by atoms with Gasteiger partial charge in [0.2, 0.25) is 0 Å². The van der Waals surface area contributed by atoms with Crippen LogP contribution in [-0.2, 0) is 30.5 Å². The summed E-state index contributed by atoms with van der Waals surface area (Å²) in [6.45, 7) is 0.549. The summed E-state index contributed by atoms with van der Waals surface area (Å²) in [5, 5.41) is 10.9. The molecule has 3 heterocycles. The Bertz CT molecular complexity index is 1290. The van der Waals surface area contributed by atoms with Crippen molar-refractivity contribution in [1.29, 1.82) is 5.26 Å². The number of thiophene rings is 1. The molecule has 0 saturated carbocycles. The maximum Gasteiger partial charge on any atom is 0.259 e. The minimum atomic E-state index is -1.16. The van der Waals surface area contributed by atoms with Crippen molar-refractivity contribution in [3.05, 3.63) is 54.9 Å². The lowest BCUT2D eigenvalue weighted by atomic mass is 9.95. The molecule has 2 aromatic heterocycles. The molecule has 1 N–H and O–H groups in total. The summed E-state index contributed by atoms with van der Waals surface area (Å²) in [5.74, 6) is -0.719. The molecule has 1 aliphatic carbocycles. The van der Waals surface area contributed by atoms with E-state index >= 15 is 0 Å². The molecule has 0 bridgehead atoms. The summed E-state index contributed by atoms with van der Waals surface area (Å²) in [7, 11) is 0. The number of H-pyrrole nitrogens is 1. The zero-order chi connectivity index (χ0) is 20.8.